The maximum absolute atomic E-state index is 5.16. The molecule has 0 saturated heterocycles. The van der Waals surface area contributed by atoms with E-state index in [2.05, 4.69) is 17.2 Å². The Morgan fingerprint density at radius 2 is 2.00 bits per heavy atom. The van der Waals surface area contributed by atoms with Crippen LogP contribution in [0.15, 0.2) is 24.5 Å². The number of ether oxygens (including phenoxy) is 1. The van der Waals surface area contributed by atoms with Crippen LogP contribution in [-0.2, 0) is 4.74 Å². The Morgan fingerprint density at radius 3 is 2.57 bits per heavy atom. The Hall–Kier alpha value is -0.930. The standard InChI is InChI=1S/C11H18N2O/c1-9(14-3)8-13-10(2)11-4-6-12-7-5-11/h4-7,9-10,13H,8H2,1-3H3/t9?,10-/m1/s1. The highest BCUT2D eigenvalue weighted by Gasteiger charge is 2.05. The molecule has 0 fully saturated rings. The molecule has 1 heterocycles. The lowest BCUT2D eigenvalue weighted by molar-refractivity contribution is 0.115. The van der Waals surface area contributed by atoms with Gasteiger partial charge in [0.25, 0.3) is 0 Å². The molecule has 1 rings (SSSR count). The fourth-order valence-corrected chi connectivity index (χ4v) is 1.20. The molecular weight excluding hydrogens is 176 g/mol. The molecule has 0 aromatic carbocycles. The summed E-state index contributed by atoms with van der Waals surface area (Å²) in [5, 5.41) is 3.40. The summed E-state index contributed by atoms with van der Waals surface area (Å²) in [4.78, 5) is 3.99. The van der Waals surface area contributed by atoms with Crippen molar-refractivity contribution in [1.29, 1.82) is 0 Å². The smallest absolute Gasteiger partial charge is 0.0667 e. The van der Waals surface area contributed by atoms with Crippen LogP contribution in [-0.4, -0.2) is 24.7 Å². The molecule has 14 heavy (non-hydrogen) atoms. The molecule has 3 heteroatoms. The molecule has 0 aliphatic heterocycles. The number of pyridine rings is 1. The first kappa shape index (κ1) is 11.1. The largest absolute Gasteiger partial charge is 0.380 e. The quantitative estimate of drug-likeness (QED) is 0.775. The van der Waals surface area contributed by atoms with E-state index in [1.54, 1.807) is 7.11 Å². The van der Waals surface area contributed by atoms with E-state index in [0.29, 0.717) is 6.04 Å². The minimum absolute atomic E-state index is 0.249. The molecule has 0 amide bonds. The number of methoxy groups -OCH3 is 1. The molecule has 0 bridgehead atoms. The second-order valence-electron chi connectivity index (χ2n) is 3.46. The summed E-state index contributed by atoms with van der Waals surface area (Å²) in [6, 6.07) is 4.39. The maximum atomic E-state index is 5.16. The molecule has 0 saturated carbocycles. The van der Waals surface area contributed by atoms with Crippen LogP contribution in [0, 0.1) is 0 Å². The summed E-state index contributed by atoms with van der Waals surface area (Å²) in [5.74, 6) is 0. The van der Waals surface area contributed by atoms with Gasteiger partial charge in [0.1, 0.15) is 0 Å². The van der Waals surface area contributed by atoms with Crippen LogP contribution in [0.1, 0.15) is 25.5 Å². The third-order valence-electron chi connectivity index (χ3n) is 2.32. The second-order valence-corrected chi connectivity index (χ2v) is 3.46. The zero-order chi connectivity index (χ0) is 10.4. The van der Waals surface area contributed by atoms with Crippen molar-refractivity contribution in [3.8, 4) is 0 Å². The van der Waals surface area contributed by atoms with Gasteiger partial charge in [-0.15, -0.1) is 0 Å². The Balaban J connectivity index is 2.39. The number of nitrogens with one attached hydrogen (secondary N) is 1. The van der Waals surface area contributed by atoms with Crippen LogP contribution >= 0.6 is 0 Å². The van der Waals surface area contributed by atoms with Gasteiger partial charge in [0, 0.05) is 32.1 Å². The summed E-state index contributed by atoms with van der Waals surface area (Å²) >= 11 is 0. The van der Waals surface area contributed by atoms with Crippen LogP contribution < -0.4 is 5.32 Å². The average Bonchev–Trinajstić information content (AvgIpc) is 2.26. The van der Waals surface area contributed by atoms with Gasteiger partial charge in [0.05, 0.1) is 6.10 Å². The van der Waals surface area contributed by atoms with Gasteiger partial charge in [-0.2, -0.15) is 0 Å². The summed E-state index contributed by atoms with van der Waals surface area (Å²) in [7, 11) is 1.73. The number of nitrogens with zero attached hydrogens (tertiary/aromatic N) is 1. The van der Waals surface area contributed by atoms with E-state index < -0.39 is 0 Å². The second kappa shape index (κ2) is 5.73. The Kier molecular flexibility index (Phi) is 4.56. The first-order valence-corrected chi connectivity index (χ1v) is 4.90. The van der Waals surface area contributed by atoms with Crippen molar-refractivity contribution in [1.82, 2.24) is 10.3 Å². The van der Waals surface area contributed by atoms with E-state index in [9.17, 15) is 0 Å². The number of aromatic nitrogens is 1. The fourth-order valence-electron chi connectivity index (χ4n) is 1.20. The SMILES string of the molecule is COC(C)CN[C@H](C)c1ccncc1. The molecule has 3 nitrogen and oxygen atoms in total. The van der Waals surface area contributed by atoms with E-state index in [1.165, 1.54) is 5.56 Å². The summed E-state index contributed by atoms with van der Waals surface area (Å²) < 4.78 is 5.16. The monoisotopic (exact) mass is 194 g/mol. The van der Waals surface area contributed by atoms with Gasteiger partial charge in [0.15, 0.2) is 0 Å². The molecule has 0 aliphatic carbocycles. The maximum Gasteiger partial charge on any atom is 0.0667 e. The Morgan fingerprint density at radius 1 is 1.36 bits per heavy atom. The van der Waals surface area contributed by atoms with Crippen molar-refractivity contribution in [3.05, 3.63) is 30.1 Å². The fraction of sp³-hybridized carbons (Fsp3) is 0.545. The van der Waals surface area contributed by atoms with Crippen LogP contribution in [0.2, 0.25) is 0 Å². The van der Waals surface area contributed by atoms with Crippen molar-refractivity contribution >= 4 is 0 Å². The van der Waals surface area contributed by atoms with E-state index >= 15 is 0 Å². The lowest BCUT2D eigenvalue weighted by Crippen LogP contribution is -2.28. The lowest BCUT2D eigenvalue weighted by Gasteiger charge is -2.16. The highest BCUT2D eigenvalue weighted by molar-refractivity contribution is 5.13. The van der Waals surface area contributed by atoms with E-state index in [4.69, 9.17) is 4.74 Å². The minimum atomic E-state index is 0.249. The van der Waals surface area contributed by atoms with Crippen molar-refractivity contribution < 1.29 is 4.74 Å². The zero-order valence-corrected chi connectivity index (χ0v) is 9.03. The highest BCUT2D eigenvalue weighted by Crippen LogP contribution is 2.09. The molecule has 0 aliphatic rings. The normalized spacial score (nSPS) is 15.1. The summed E-state index contributed by atoms with van der Waals surface area (Å²) in [5.41, 5.74) is 1.25. The van der Waals surface area contributed by atoms with Gasteiger partial charge in [-0.25, -0.2) is 0 Å². The van der Waals surface area contributed by atoms with E-state index in [-0.39, 0.29) is 6.10 Å². The Bertz CT molecular complexity index is 251. The first-order chi connectivity index (χ1) is 6.74. The molecule has 78 valence electrons. The summed E-state index contributed by atoms with van der Waals surface area (Å²) in [6.07, 6.45) is 3.87. The Labute approximate surface area is 85.5 Å². The van der Waals surface area contributed by atoms with Gasteiger partial charge in [0.2, 0.25) is 0 Å². The number of hydrogen-bond donors (Lipinski definition) is 1. The van der Waals surface area contributed by atoms with Crippen molar-refractivity contribution in [2.24, 2.45) is 0 Å². The van der Waals surface area contributed by atoms with Crippen molar-refractivity contribution in [2.75, 3.05) is 13.7 Å². The van der Waals surface area contributed by atoms with Gasteiger partial charge in [-0.05, 0) is 31.5 Å². The third-order valence-corrected chi connectivity index (χ3v) is 2.32. The first-order valence-electron chi connectivity index (χ1n) is 4.90. The van der Waals surface area contributed by atoms with Crippen LogP contribution in [0.25, 0.3) is 0 Å². The number of rotatable bonds is 5. The zero-order valence-electron chi connectivity index (χ0n) is 9.03. The molecular formula is C11H18N2O. The minimum Gasteiger partial charge on any atom is -0.380 e. The van der Waals surface area contributed by atoms with Gasteiger partial charge >= 0.3 is 0 Å². The van der Waals surface area contributed by atoms with Crippen LogP contribution in [0.5, 0.6) is 0 Å². The topological polar surface area (TPSA) is 34.1 Å². The molecule has 2 atom stereocenters. The highest BCUT2D eigenvalue weighted by atomic mass is 16.5. The third kappa shape index (κ3) is 3.44. The van der Waals surface area contributed by atoms with Crippen molar-refractivity contribution in [3.63, 3.8) is 0 Å². The molecule has 1 unspecified atom stereocenters. The molecule has 1 N–H and O–H groups in total. The van der Waals surface area contributed by atoms with E-state index in [1.807, 2.05) is 31.5 Å². The van der Waals surface area contributed by atoms with Crippen molar-refractivity contribution in [2.45, 2.75) is 26.0 Å². The van der Waals surface area contributed by atoms with Gasteiger partial charge in [-0.3, -0.25) is 4.98 Å². The van der Waals surface area contributed by atoms with E-state index in [0.717, 1.165) is 6.54 Å². The molecule has 0 radical (unpaired) electrons. The van der Waals surface area contributed by atoms with Gasteiger partial charge < -0.3 is 10.1 Å². The molecule has 1 aromatic heterocycles. The molecule has 1 aromatic rings. The average molecular weight is 194 g/mol. The summed E-state index contributed by atoms with van der Waals surface area (Å²) in [6.45, 7) is 5.05. The number of hydrogen-bond acceptors (Lipinski definition) is 3. The van der Waals surface area contributed by atoms with Crippen LogP contribution in [0.3, 0.4) is 0 Å². The lowest BCUT2D eigenvalue weighted by atomic mass is 10.1. The van der Waals surface area contributed by atoms with Gasteiger partial charge in [-0.1, -0.05) is 0 Å². The molecule has 0 spiro atoms. The van der Waals surface area contributed by atoms with Crippen LogP contribution in [0.4, 0.5) is 0 Å². The predicted molar refractivity (Wildman–Crippen MR) is 57.1 cm³/mol. The predicted octanol–water partition coefficient (Wildman–Crippen LogP) is 1.77.